The van der Waals surface area contributed by atoms with Gasteiger partial charge in [0.15, 0.2) is 0 Å². The summed E-state index contributed by atoms with van der Waals surface area (Å²) in [5.41, 5.74) is 4.87. The first-order valence-electron chi connectivity index (χ1n) is 6.53. The average molecular weight is 322 g/mol. The number of benzene rings is 1. The molecule has 0 aliphatic rings. The summed E-state index contributed by atoms with van der Waals surface area (Å²) in [5.74, 6) is -2.25. The largest absolute Gasteiger partial charge is 0.396 e. The molecule has 8 heteroatoms. The molecule has 0 amide bonds. The fourth-order valence-electron chi connectivity index (χ4n) is 1.62. The molecule has 5 nitrogen and oxygen atoms in total. The second-order valence-corrected chi connectivity index (χ2v) is 6.62. The Morgan fingerprint density at radius 1 is 1.29 bits per heavy atom. The highest BCUT2D eigenvalue weighted by Gasteiger charge is 2.26. The monoisotopic (exact) mass is 322 g/mol. The van der Waals surface area contributed by atoms with Gasteiger partial charge < -0.3 is 10.5 Å². The van der Waals surface area contributed by atoms with E-state index in [4.69, 9.17) is 10.5 Å². The van der Waals surface area contributed by atoms with Crippen molar-refractivity contribution in [1.82, 2.24) is 4.72 Å². The van der Waals surface area contributed by atoms with Crippen LogP contribution in [-0.4, -0.2) is 27.7 Å². The maximum Gasteiger partial charge on any atom is 0.243 e. The van der Waals surface area contributed by atoms with Crippen molar-refractivity contribution in [3.8, 4) is 0 Å². The van der Waals surface area contributed by atoms with Crippen LogP contribution in [0, 0.1) is 17.6 Å². The maximum absolute atomic E-state index is 13.7. The number of nitrogens with two attached hydrogens (primary N) is 1. The third-order valence-electron chi connectivity index (χ3n) is 2.95. The van der Waals surface area contributed by atoms with Gasteiger partial charge in [-0.15, -0.1) is 0 Å². The highest BCUT2D eigenvalue weighted by atomic mass is 32.2. The first-order valence-corrected chi connectivity index (χ1v) is 8.02. The molecule has 0 saturated carbocycles. The molecule has 0 aromatic heterocycles. The second kappa shape index (κ2) is 7.15. The van der Waals surface area contributed by atoms with Crippen molar-refractivity contribution in [2.45, 2.75) is 31.7 Å². The van der Waals surface area contributed by atoms with E-state index < -0.39 is 38.3 Å². The number of nitrogens with one attached hydrogen (secondary N) is 1. The quantitative estimate of drug-likeness (QED) is 0.751. The minimum atomic E-state index is -4.16. The van der Waals surface area contributed by atoms with E-state index in [0.717, 1.165) is 6.07 Å². The van der Waals surface area contributed by atoms with E-state index in [0.29, 0.717) is 12.7 Å². The number of anilines is 1. The fourth-order valence-corrected chi connectivity index (χ4v) is 3.08. The van der Waals surface area contributed by atoms with Crippen molar-refractivity contribution in [3.63, 3.8) is 0 Å². The van der Waals surface area contributed by atoms with Crippen LogP contribution in [0.25, 0.3) is 0 Å². The Hall–Kier alpha value is -1.25. The standard InChI is InChI=1S/C13H20F2N2O3S/c1-4-20-7-12(8(2)3)17-21(18,19)13-6-11(16)9(14)5-10(13)15/h5-6,8,12,17H,4,7,16H2,1-3H3. The Kier molecular flexibility index (Phi) is 6.06. The number of nitrogen functional groups attached to an aromatic ring is 1. The topological polar surface area (TPSA) is 81.4 Å². The van der Waals surface area contributed by atoms with Crippen molar-refractivity contribution in [1.29, 1.82) is 0 Å². The minimum absolute atomic E-state index is 0.0628. The van der Waals surface area contributed by atoms with Gasteiger partial charge in [0, 0.05) is 18.7 Å². The van der Waals surface area contributed by atoms with Crippen molar-refractivity contribution < 1.29 is 21.9 Å². The molecule has 1 aromatic rings. The Morgan fingerprint density at radius 3 is 2.43 bits per heavy atom. The number of hydrogen-bond donors (Lipinski definition) is 2. The predicted molar refractivity (Wildman–Crippen MR) is 76.2 cm³/mol. The number of ether oxygens (including phenoxy) is 1. The van der Waals surface area contributed by atoms with Crippen LogP contribution in [-0.2, 0) is 14.8 Å². The van der Waals surface area contributed by atoms with E-state index in [9.17, 15) is 17.2 Å². The Labute approximate surface area is 123 Å². The molecule has 0 aliphatic heterocycles. The lowest BCUT2D eigenvalue weighted by atomic mass is 10.1. The third-order valence-corrected chi connectivity index (χ3v) is 4.46. The molecule has 1 atom stereocenters. The van der Waals surface area contributed by atoms with Gasteiger partial charge in [0.2, 0.25) is 10.0 Å². The zero-order chi connectivity index (χ0) is 16.2. The van der Waals surface area contributed by atoms with Gasteiger partial charge in [-0.3, -0.25) is 0 Å². The van der Waals surface area contributed by atoms with E-state index in [1.165, 1.54) is 0 Å². The zero-order valence-electron chi connectivity index (χ0n) is 12.2. The summed E-state index contributed by atoms with van der Waals surface area (Å²) in [5, 5.41) is 0. The third kappa shape index (κ3) is 4.62. The van der Waals surface area contributed by atoms with Gasteiger partial charge in [-0.25, -0.2) is 21.9 Å². The van der Waals surface area contributed by atoms with Gasteiger partial charge >= 0.3 is 0 Å². The number of halogens is 2. The van der Waals surface area contributed by atoms with E-state index in [1.54, 1.807) is 6.92 Å². The van der Waals surface area contributed by atoms with Gasteiger partial charge in [-0.1, -0.05) is 13.8 Å². The summed E-state index contributed by atoms with van der Waals surface area (Å²) in [6.45, 7) is 5.99. The second-order valence-electron chi connectivity index (χ2n) is 4.94. The number of sulfonamides is 1. The van der Waals surface area contributed by atoms with Crippen molar-refractivity contribution in [2.75, 3.05) is 18.9 Å². The lowest BCUT2D eigenvalue weighted by Gasteiger charge is -2.22. The van der Waals surface area contributed by atoms with Crippen LogP contribution in [0.4, 0.5) is 14.5 Å². The van der Waals surface area contributed by atoms with E-state index in [-0.39, 0.29) is 12.5 Å². The molecular weight excluding hydrogens is 302 g/mol. The molecule has 0 aliphatic carbocycles. The fraction of sp³-hybridized carbons (Fsp3) is 0.538. The normalized spacial score (nSPS) is 13.6. The summed E-state index contributed by atoms with van der Waals surface area (Å²) < 4.78 is 58.8. The summed E-state index contributed by atoms with van der Waals surface area (Å²) in [7, 11) is -4.16. The summed E-state index contributed by atoms with van der Waals surface area (Å²) >= 11 is 0. The highest BCUT2D eigenvalue weighted by Crippen LogP contribution is 2.21. The minimum Gasteiger partial charge on any atom is -0.396 e. The molecule has 21 heavy (non-hydrogen) atoms. The van der Waals surface area contributed by atoms with Crippen molar-refractivity contribution >= 4 is 15.7 Å². The van der Waals surface area contributed by atoms with Gasteiger partial charge in [0.25, 0.3) is 0 Å². The number of hydrogen-bond acceptors (Lipinski definition) is 4. The van der Waals surface area contributed by atoms with Crippen LogP contribution in [0.1, 0.15) is 20.8 Å². The Balaban J connectivity index is 3.07. The lowest BCUT2D eigenvalue weighted by Crippen LogP contribution is -2.42. The smallest absolute Gasteiger partial charge is 0.243 e. The van der Waals surface area contributed by atoms with E-state index >= 15 is 0 Å². The molecule has 0 bridgehead atoms. The molecule has 0 spiro atoms. The molecule has 0 radical (unpaired) electrons. The van der Waals surface area contributed by atoms with E-state index in [2.05, 4.69) is 4.72 Å². The molecule has 3 N–H and O–H groups in total. The van der Waals surface area contributed by atoms with Gasteiger partial charge in [0.05, 0.1) is 12.3 Å². The first kappa shape index (κ1) is 17.8. The zero-order valence-corrected chi connectivity index (χ0v) is 13.0. The molecule has 1 rings (SSSR count). The molecule has 0 heterocycles. The van der Waals surface area contributed by atoms with Gasteiger partial charge in [-0.2, -0.15) is 0 Å². The van der Waals surface area contributed by atoms with Crippen LogP contribution >= 0.6 is 0 Å². The Morgan fingerprint density at radius 2 is 1.90 bits per heavy atom. The summed E-state index contributed by atoms with van der Waals surface area (Å²) in [6, 6.07) is 0.697. The summed E-state index contributed by atoms with van der Waals surface area (Å²) in [4.78, 5) is -0.677. The first-order chi connectivity index (χ1) is 9.69. The van der Waals surface area contributed by atoms with Crippen molar-refractivity contribution in [2.24, 2.45) is 5.92 Å². The average Bonchev–Trinajstić information content (AvgIpc) is 2.38. The van der Waals surface area contributed by atoms with Gasteiger partial charge in [-0.05, 0) is 18.9 Å². The Bertz CT molecular complexity index is 591. The van der Waals surface area contributed by atoms with Crippen LogP contribution < -0.4 is 10.5 Å². The summed E-state index contributed by atoms with van der Waals surface area (Å²) in [6.07, 6.45) is 0. The van der Waals surface area contributed by atoms with Crippen LogP contribution in [0.3, 0.4) is 0 Å². The lowest BCUT2D eigenvalue weighted by molar-refractivity contribution is 0.116. The van der Waals surface area contributed by atoms with Crippen molar-refractivity contribution in [3.05, 3.63) is 23.8 Å². The van der Waals surface area contributed by atoms with Crippen LogP contribution in [0.5, 0.6) is 0 Å². The molecule has 1 unspecified atom stereocenters. The van der Waals surface area contributed by atoms with Crippen LogP contribution in [0.15, 0.2) is 17.0 Å². The highest BCUT2D eigenvalue weighted by molar-refractivity contribution is 7.89. The van der Waals surface area contributed by atoms with E-state index in [1.807, 2.05) is 13.8 Å². The molecule has 0 fully saturated rings. The van der Waals surface area contributed by atoms with Crippen LogP contribution in [0.2, 0.25) is 0 Å². The molecule has 0 saturated heterocycles. The van der Waals surface area contributed by atoms with Gasteiger partial charge in [0.1, 0.15) is 16.5 Å². The number of rotatable bonds is 7. The molecule has 1 aromatic carbocycles. The maximum atomic E-state index is 13.7. The molecular formula is C13H20F2N2O3S. The SMILES string of the molecule is CCOCC(NS(=O)(=O)c1cc(N)c(F)cc1F)C(C)C. The predicted octanol–water partition coefficient (Wildman–Crippen LogP) is 1.89. The molecule has 120 valence electrons.